The molecule has 0 radical (unpaired) electrons. The second kappa shape index (κ2) is 9.34. The smallest absolute Gasteiger partial charge is 0.231 e. The van der Waals surface area contributed by atoms with Crippen LogP contribution in [0.4, 0.5) is 0 Å². The van der Waals surface area contributed by atoms with Crippen molar-refractivity contribution in [3.8, 4) is 11.5 Å². The molecular formula is C18H30IN3O2. The van der Waals surface area contributed by atoms with Crippen molar-refractivity contribution in [2.24, 2.45) is 4.99 Å². The number of ether oxygens (including phenoxy) is 2. The molecule has 0 aliphatic carbocycles. The molecule has 1 aromatic rings. The lowest BCUT2D eigenvalue weighted by molar-refractivity contribution is 0.174. The van der Waals surface area contributed by atoms with Crippen LogP contribution in [-0.4, -0.2) is 44.8 Å². The van der Waals surface area contributed by atoms with E-state index in [1.54, 1.807) is 0 Å². The van der Waals surface area contributed by atoms with E-state index in [2.05, 4.69) is 55.2 Å². The van der Waals surface area contributed by atoms with Gasteiger partial charge in [0.05, 0.1) is 0 Å². The summed E-state index contributed by atoms with van der Waals surface area (Å²) in [7, 11) is 3.91. The highest BCUT2D eigenvalue weighted by Gasteiger charge is 2.24. The number of guanidine groups is 1. The molecule has 0 aromatic heterocycles. The highest BCUT2D eigenvalue weighted by Crippen LogP contribution is 2.36. The number of benzene rings is 1. The summed E-state index contributed by atoms with van der Waals surface area (Å²) in [6.45, 7) is 8.77. The van der Waals surface area contributed by atoms with Gasteiger partial charge in [0.2, 0.25) is 6.79 Å². The van der Waals surface area contributed by atoms with E-state index < -0.39 is 0 Å². The number of rotatable bonds is 6. The fourth-order valence-corrected chi connectivity index (χ4v) is 2.61. The average molecular weight is 447 g/mol. The molecule has 0 unspecified atom stereocenters. The summed E-state index contributed by atoms with van der Waals surface area (Å²) in [4.78, 5) is 6.56. The van der Waals surface area contributed by atoms with Crippen molar-refractivity contribution in [3.63, 3.8) is 0 Å². The van der Waals surface area contributed by atoms with Crippen molar-refractivity contribution < 1.29 is 9.47 Å². The largest absolute Gasteiger partial charge is 0.454 e. The predicted octanol–water partition coefficient (Wildman–Crippen LogP) is 3.62. The number of nitrogens with zero attached hydrogens (tertiary/aromatic N) is 2. The molecular weight excluding hydrogens is 417 g/mol. The lowest BCUT2D eigenvalue weighted by atomic mass is 9.84. The van der Waals surface area contributed by atoms with Gasteiger partial charge in [0.1, 0.15) is 0 Å². The van der Waals surface area contributed by atoms with E-state index in [0.29, 0.717) is 6.79 Å². The number of hydrogen-bond donors (Lipinski definition) is 1. The van der Waals surface area contributed by atoms with Crippen LogP contribution >= 0.6 is 24.0 Å². The van der Waals surface area contributed by atoms with Gasteiger partial charge >= 0.3 is 0 Å². The number of aliphatic imine (C=N–C) groups is 1. The third-order valence-corrected chi connectivity index (χ3v) is 4.26. The SMILES string of the molecule is CCCCN(C)C(=NC)NCC(C)(C)c1ccc2c(c1)OCO2.I. The van der Waals surface area contributed by atoms with E-state index in [-0.39, 0.29) is 29.4 Å². The number of hydrogen-bond acceptors (Lipinski definition) is 3. The number of halogens is 1. The molecule has 0 amide bonds. The maximum atomic E-state index is 5.49. The van der Waals surface area contributed by atoms with Crippen LogP contribution in [0.1, 0.15) is 39.2 Å². The minimum atomic E-state index is -0.0392. The van der Waals surface area contributed by atoms with Crippen molar-refractivity contribution in [2.45, 2.75) is 39.0 Å². The van der Waals surface area contributed by atoms with Gasteiger partial charge in [-0.2, -0.15) is 0 Å². The Balaban J connectivity index is 0.00000288. The average Bonchev–Trinajstić information content (AvgIpc) is 3.00. The zero-order valence-corrected chi connectivity index (χ0v) is 17.7. The van der Waals surface area contributed by atoms with Gasteiger partial charge in [-0.05, 0) is 24.1 Å². The fraction of sp³-hybridized carbons (Fsp3) is 0.611. The topological polar surface area (TPSA) is 46.1 Å². The van der Waals surface area contributed by atoms with Crippen molar-refractivity contribution in [3.05, 3.63) is 23.8 Å². The zero-order chi connectivity index (χ0) is 16.9. The number of fused-ring (bicyclic) bond motifs is 1. The molecule has 0 bridgehead atoms. The van der Waals surface area contributed by atoms with Crippen LogP contribution in [-0.2, 0) is 5.41 Å². The first-order valence-electron chi connectivity index (χ1n) is 8.30. The predicted molar refractivity (Wildman–Crippen MR) is 110 cm³/mol. The molecule has 0 fully saturated rings. The maximum Gasteiger partial charge on any atom is 0.231 e. The first kappa shape index (κ1) is 20.9. The molecule has 136 valence electrons. The van der Waals surface area contributed by atoms with E-state index in [1.807, 2.05) is 13.1 Å². The summed E-state index contributed by atoms with van der Waals surface area (Å²) in [6, 6.07) is 6.17. The van der Waals surface area contributed by atoms with Crippen LogP contribution in [0, 0.1) is 0 Å². The zero-order valence-electron chi connectivity index (χ0n) is 15.4. The van der Waals surface area contributed by atoms with Gasteiger partial charge in [-0.3, -0.25) is 4.99 Å². The molecule has 1 N–H and O–H groups in total. The summed E-state index contributed by atoms with van der Waals surface area (Å²) >= 11 is 0. The van der Waals surface area contributed by atoms with Crippen LogP contribution in [0.15, 0.2) is 23.2 Å². The van der Waals surface area contributed by atoms with Gasteiger partial charge in [0.25, 0.3) is 0 Å². The second-order valence-corrected chi connectivity index (χ2v) is 6.63. The van der Waals surface area contributed by atoms with Crippen molar-refractivity contribution in [1.82, 2.24) is 10.2 Å². The number of nitrogens with one attached hydrogen (secondary N) is 1. The van der Waals surface area contributed by atoms with Gasteiger partial charge in [0, 0.05) is 32.6 Å². The van der Waals surface area contributed by atoms with Crippen LogP contribution in [0.5, 0.6) is 11.5 Å². The Kier molecular flexibility index (Phi) is 8.12. The highest BCUT2D eigenvalue weighted by molar-refractivity contribution is 14.0. The summed E-state index contributed by atoms with van der Waals surface area (Å²) in [5, 5.41) is 3.49. The Hall–Kier alpha value is -1.18. The molecule has 1 aliphatic rings. The third kappa shape index (κ3) is 5.16. The molecule has 0 atom stereocenters. The van der Waals surface area contributed by atoms with E-state index in [9.17, 15) is 0 Å². The van der Waals surface area contributed by atoms with Gasteiger partial charge in [0.15, 0.2) is 17.5 Å². The van der Waals surface area contributed by atoms with Crippen LogP contribution in [0.2, 0.25) is 0 Å². The van der Waals surface area contributed by atoms with Crippen molar-refractivity contribution in [1.29, 1.82) is 0 Å². The molecule has 2 rings (SSSR count). The first-order valence-corrected chi connectivity index (χ1v) is 8.30. The summed E-state index contributed by atoms with van der Waals surface area (Å²) < 4.78 is 10.9. The maximum absolute atomic E-state index is 5.49. The van der Waals surface area contributed by atoms with Crippen molar-refractivity contribution in [2.75, 3.05) is 34.0 Å². The van der Waals surface area contributed by atoms with Gasteiger partial charge < -0.3 is 19.7 Å². The standard InChI is InChI=1S/C18H29N3O2.HI/c1-6-7-10-21(5)17(19-4)20-12-18(2,3)14-8-9-15-16(11-14)23-13-22-15;/h8-9,11H,6-7,10,12-13H2,1-5H3,(H,19,20);1H. The van der Waals surface area contributed by atoms with Crippen molar-refractivity contribution >= 4 is 29.9 Å². The monoisotopic (exact) mass is 447 g/mol. The number of unbranched alkanes of at least 4 members (excludes halogenated alkanes) is 1. The van der Waals surface area contributed by atoms with E-state index in [1.165, 1.54) is 18.4 Å². The van der Waals surface area contributed by atoms with Crippen LogP contribution < -0.4 is 14.8 Å². The Labute approximate surface area is 162 Å². The van der Waals surface area contributed by atoms with E-state index in [4.69, 9.17) is 9.47 Å². The molecule has 1 aromatic carbocycles. The molecule has 24 heavy (non-hydrogen) atoms. The van der Waals surface area contributed by atoms with Crippen LogP contribution in [0.25, 0.3) is 0 Å². The van der Waals surface area contributed by atoms with Gasteiger partial charge in [-0.25, -0.2) is 0 Å². The highest BCUT2D eigenvalue weighted by atomic mass is 127. The first-order chi connectivity index (χ1) is 11.0. The van der Waals surface area contributed by atoms with Gasteiger partial charge in [-0.15, -0.1) is 24.0 Å². The summed E-state index contributed by atoms with van der Waals surface area (Å²) in [5.74, 6) is 2.60. The summed E-state index contributed by atoms with van der Waals surface area (Å²) in [5.41, 5.74) is 1.18. The minimum absolute atomic E-state index is 0. The minimum Gasteiger partial charge on any atom is -0.454 e. The molecule has 5 nitrogen and oxygen atoms in total. The summed E-state index contributed by atoms with van der Waals surface area (Å²) in [6.07, 6.45) is 2.35. The van der Waals surface area contributed by atoms with E-state index >= 15 is 0 Å². The van der Waals surface area contributed by atoms with Gasteiger partial charge in [-0.1, -0.05) is 33.3 Å². The quantitative estimate of drug-likeness (QED) is 0.411. The van der Waals surface area contributed by atoms with E-state index in [0.717, 1.165) is 30.5 Å². The Morgan fingerprint density at radius 2 is 2.00 bits per heavy atom. The Morgan fingerprint density at radius 3 is 2.67 bits per heavy atom. The Bertz CT molecular complexity index is 561. The normalized spacial score (nSPS) is 13.5. The Morgan fingerprint density at radius 1 is 1.29 bits per heavy atom. The lowest BCUT2D eigenvalue weighted by Gasteiger charge is -2.29. The molecule has 0 saturated carbocycles. The molecule has 0 spiro atoms. The lowest BCUT2D eigenvalue weighted by Crippen LogP contribution is -2.44. The molecule has 1 aliphatic heterocycles. The van der Waals surface area contributed by atoms with Crippen LogP contribution in [0.3, 0.4) is 0 Å². The third-order valence-electron chi connectivity index (χ3n) is 4.26. The molecule has 0 saturated heterocycles. The second-order valence-electron chi connectivity index (χ2n) is 6.63. The molecule has 6 heteroatoms. The molecule has 1 heterocycles. The fourth-order valence-electron chi connectivity index (χ4n) is 2.61.